The first-order valence-electron chi connectivity index (χ1n) is 12.0. The van der Waals surface area contributed by atoms with Crippen LogP contribution in [0.4, 0.5) is 8.78 Å². The lowest BCUT2D eigenvalue weighted by Gasteiger charge is -2.49. The predicted molar refractivity (Wildman–Crippen MR) is 125 cm³/mol. The van der Waals surface area contributed by atoms with Gasteiger partial charge in [-0.25, -0.2) is 8.78 Å². The molecule has 0 unspecified atom stereocenters. The van der Waals surface area contributed by atoms with Crippen LogP contribution in [0.2, 0.25) is 0 Å². The van der Waals surface area contributed by atoms with Crippen molar-refractivity contribution in [3.63, 3.8) is 0 Å². The molecule has 0 radical (unpaired) electrons. The van der Waals surface area contributed by atoms with Gasteiger partial charge in [-0.3, -0.25) is 14.3 Å². The average Bonchev–Trinajstić information content (AvgIpc) is 3.29. The number of carbonyl (C=O) groups excluding carboxylic acids is 2. The van der Waals surface area contributed by atoms with Crippen LogP contribution in [0, 0.1) is 17.0 Å². The van der Waals surface area contributed by atoms with E-state index in [2.05, 4.69) is 5.10 Å². The highest BCUT2D eigenvalue weighted by atomic mass is 19.1. The zero-order valence-electron chi connectivity index (χ0n) is 19.3. The Balaban J connectivity index is 1.07. The van der Waals surface area contributed by atoms with Crippen molar-refractivity contribution in [3.8, 4) is 0 Å². The SMILES string of the molecule is O=C(c1cnn(Cc2ccc(F)cc2)c1)N1CCC2(C1)CN(C(=O)C1(c3ccccc3F)CC1)C2. The fourth-order valence-corrected chi connectivity index (χ4v) is 5.67. The van der Waals surface area contributed by atoms with Crippen molar-refractivity contribution >= 4 is 11.8 Å². The van der Waals surface area contributed by atoms with Gasteiger partial charge in [0.05, 0.1) is 23.7 Å². The van der Waals surface area contributed by atoms with Crippen molar-refractivity contribution < 1.29 is 18.4 Å². The Bertz CT molecular complexity index is 1290. The van der Waals surface area contributed by atoms with E-state index in [4.69, 9.17) is 0 Å². The van der Waals surface area contributed by atoms with Crippen molar-refractivity contribution in [2.75, 3.05) is 26.2 Å². The summed E-state index contributed by atoms with van der Waals surface area (Å²) >= 11 is 0. The topological polar surface area (TPSA) is 58.4 Å². The summed E-state index contributed by atoms with van der Waals surface area (Å²) in [6, 6.07) is 12.8. The summed E-state index contributed by atoms with van der Waals surface area (Å²) in [7, 11) is 0. The first-order chi connectivity index (χ1) is 16.9. The molecule has 1 spiro atoms. The maximum Gasteiger partial charge on any atom is 0.257 e. The molecule has 0 atom stereocenters. The Kier molecular flexibility index (Phi) is 5.02. The molecule has 6 rings (SSSR count). The smallest absolute Gasteiger partial charge is 0.257 e. The van der Waals surface area contributed by atoms with Gasteiger partial charge in [-0.1, -0.05) is 30.3 Å². The van der Waals surface area contributed by atoms with Gasteiger partial charge in [0, 0.05) is 43.4 Å². The summed E-state index contributed by atoms with van der Waals surface area (Å²) in [6.45, 7) is 2.91. The number of carbonyl (C=O) groups is 2. The Morgan fingerprint density at radius 2 is 1.63 bits per heavy atom. The second-order valence-electron chi connectivity index (χ2n) is 10.3. The van der Waals surface area contributed by atoms with Gasteiger partial charge in [0.15, 0.2) is 0 Å². The van der Waals surface area contributed by atoms with Crippen LogP contribution in [0.5, 0.6) is 0 Å². The molecule has 1 aliphatic carbocycles. The molecule has 3 heterocycles. The maximum atomic E-state index is 14.4. The van der Waals surface area contributed by atoms with Gasteiger partial charge in [-0.15, -0.1) is 0 Å². The predicted octanol–water partition coefficient (Wildman–Crippen LogP) is 3.62. The van der Waals surface area contributed by atoms with Gasteiger partial charge in [0.25, 0.3) is 5.91 Å². The van der Waals surface area contributed by atoms with Crippen LogP contribution < -0.4 is 0 Å². The number of hydrogen-bond donors (Lipinski definition) is 0. The molecule has 3 aliphatic rings. The standard InChI is InChI=1S/C27H26F2N4O2/c28-21-7-5-19(6-8-21)14-33-15-20(13-30-33)24(34)31-12-11-26(16-31)17-32(18-26)25(35)27(9-10-27)22-3-1-2-4-23(22)29/h1-8,13,15H,9-12,14,16-18H2. The Morgan fingerprint density at radius 3 is 2.34 bits per heavy atom. The summed E-state index contributed by atoms with van der Waals surface area (Å²) in [6.07, 6.45) is 5.50. The molecule has 1 saturated carbocycles. The number of nitrogens with zero attached hydrogens (tertiary/aromatic N) is 4. The first-order valence-corrected chi connectivity index (χ1v) is 12.0. The van der Waals surface area contributed by atoms with Gasteiger partial charge < -0.3 is 9.80 Å². The van der Waals surface area contributed by atoms with E-state index in [-0.39, 0.29) is 28.9 Å². The van der Waals surface area contributed by atoms with Crippen molar-refractivity contribution in [1.82, 2.24) is 19.6 Å². The monoisotopic (exact) mass is 476 g/mol. The Morgan fingerprint density at radius 1 is 0.914 bits per heavy atom. The van der Waals surface area contributed by atoms with Crippen LogP contribution in [0.25, 0.3) is 0 Å². The van der Waals surface area contributed by atoms with E-state index < -0.39 is 5.41 Å². The van der Waals surface area contributed by atoms with Gasteiger partial charge >= 0.3 is 0 Å². The highest BCUT2D eigenvalue weighted by Gasteiger charge is 2.59. The fraction of sp³-hybridized carbons (Fsp3) is 0.370. The van der Waals surface area contributed by atoms with Crippen LogP contribution >= 0.6 is 0 Å². The van der Waals surface area contributed by atoms with E-state index in [1.165, 1.54) is 18.2 Å². The lowest BCUT2D eigenvalue weighted by Crippen LogP contribution is -2.61. The maximum absolute atomic E-state index is 14.4. The molecule has 2 saturated heterocycles. The minimum Gasteiger partial charge on any atom is -0.341 e. The summed E-state index contributed by atoms with van der Waals surface area (Å²) in [5.41, 5.74) is 1.14. The molecule has 1 aromatic heterocycles. The van der Waals surface area contributed by atoms with Crippen LogP contribution in [-0.4, -0.2) is 57.6 Å². The van der Waals surface area contributed by atoms with Crippen LogP contribution in [0.15, 0.2) is 60.9 Å². The minimum absolute atomic E-state index is 0.0140. The largest absolute Gasteiger partial charge is 0.341 e. The molecule has 6 nitrogen and oxygen atoms in total. The Hall–Kier alpha value is -3.55. The molecule has 0 bridgehead atoms. The van der Waals surface area contributed by atoms with Crippen molar-refractivity contribution in [2.45, 2.75) is 31.2 Å². The molecule has 3 aromatic rings. The fourth-order valence-electron chi connectivity index (χ4n) is 5.67. The van der Waals surface area contributed by atoms with E-state index in [9.17, 15) is 18.4 Å². The summed E-state index contributed by atoms with van der Waals surface area (Å²) in [4.78, 5) is 30.0. The minimum atomic E-state index is -0.708. The van der Waals surface area contributed by atoms with Crippen molar-refractivity contribution in [3.05, 3.63) is 89.2 Å². The molecule has 2 amide bonds. The van der Waals surface area contributed by atoms with Crippen LogP contribution in [-0.2, 0) is 16.8 Å². The third-order valence-electron chi connectivity index (χ3n) is 7.75. The molecule has 8 heteroatoms. The summed E-state index contributed by atoms with van der Waals surface area (Å²) < 4.78 is 29.2. The van der Waals surface area contributed by atoms with Crippen molar-refractivity contribution in [2.24, 2.45) is 5.41 Å². The number of halogens is 2. The number of aromatic nitrogens is 2. The normalized spacial score (nSPS) is 19.6. The molecule has 3 fully saturated rings. The second-order valence-corrected chi connectivity index (χ2v) is 10.3. The van der Waals surface area contributed by atoms with E-state index in [0.717, 1.165) is 12.0 Å². The molecule has 2 aliphatic heterocycles. The highest BCUT2D eigenvalue weighted by molar-refractivity contribution is 5.94. The lowest BCUT2D eigenvalue weighted by atomic mass is 9.77. The summed E-state index contributed by atoms with van der Waals surface area (Å²) in [5.74, 6) is -0.655. The highest BCUT2D eigenvalue weighted by Crippen LogP contribution is 2.52. The molecule has 180 valence electrons. The third kappa shape index (κ3) is 3.81. The third-order valence-corrected chi connectivity index (χ3v) is 7.75. The van der Waals surface area contributed by atoms with Gasteiger partial charge in [-0.05, 0) is 43.0 Å². The van der Waals surface area contributed by atoms with Crippen molar-refractivity contribution in [1.29, 1.82) is 0 Å². The van der Waals surface area contributed by atoms with Crippen LogP contribution in [0.1, 0.15) is 40.7 Å². The van der Waals surface area contributed by atoms with Gasteiger partial charge in [0.2, 0.25) is 5.91 Å². The number of amides is 2. The van der Waals surface area contributed by atoms with E-state index in [0.29, 0.717) is 56.7 Å². The molecule has 2 aromatic carbocycles. The van der Waals surface area contributed by atoms with E-state index in [1.54, 1.807) is 47.4 Å². The lowest BCUT2D eigenvalue weighted by molar-refractivity contribution is -0.145. The van der Waals surface area contributed by atoms with E-state index in [1.807, 2.05) is 9.80 Å². The molecular weight excluding hydrogens is 450 g/mol. The van der Waals surface area contributed by atoms with Crippen LogP contribution in [0.3, 0.4) is 0 Å². The number of hydrogen-bond acceptors (Lipinski definition) is 3. The van der Waals surface area contributed by atoms with Gasteiger partial charge in [0.1, 0.15) is 11.6 Å². The molecule has 0 N–H and O–H groups in total. The average molecular weight is 477 g/mol. The number of rotatable bonds is 5. The molecule has 35 heavy (non-hydrogen) atoms. The quantitative estimate of drug-likeness (QED) is 0.565. The second kappa shape index (κ2) is 8.00. The zero-order chi connectivity index (χ0) is 24.2. The molecular formula is C27H26F2N4O2. The van der Waals surface area contributed by atoms with E-state index >= 15 is 0 Å². The Labute approximate surface area is 202 Å². The number of benzene rings is 2. The number of likely N-dealkylation sites (tertiary alicyclic amines) is 2. The zero-order valence-corrected chi connectivity index (χ0v) is 19.3. The van der Waals surface area contributed by atoms with Gasteiger partial charge in [-0.2, -0.15) is 5.10 Å². The summed E-state index contributed by atoms with van der Waals surface area (Å²) in [5, 5.41) is 4.29. The first kappa shape index (κ1) is 21.9.